The van der Waals surface area contributed by atoms with Gasteiger partial charge in [0, 0.05) is 24.1 Å². The van der Waals surface area contributed by atoms with E-state index in [1.54, 1.807) is 0 Å². The number of benzene rings is 1. The fraction of sp³-hybridized carbons (Fsp3) is 0.438. The van der Waals surface area contributed by atoms with Crippen LogP contribution in [0.4, 0.5) is 5.69 Å². The highest BCUT2D eigenvalue weighted by molar-refractivity contribution is 5.51. The van der Waals surface area contributed by atoms with Crippen molar-refractivity contribution in [3.63, 3.8) is 0 Å². The summed E-state index contributed by atoms with van der Waals surface area (Å²) in [7, 11) is 0. The molecule has 0 saturated carbocycles. The van der Waals surface area contributed by atoms with E-state index in [1.165, 1.54) is 11.3 Å². The smallest absolute Gasteiger partial charge is 0.0679 e. The van der Waals surface area contributed by atoms with Crippen LogP contribution >= 0.6 is 0 Å². The summed E-state index contributed by atoms with van der Waals surface area (Å²) in [5, 5.41) is 7.94. The van der Waals surface area contributed by atoms with E-state index < -0.39 is 0 Å². The second-order valence-electron chi connectivity index (χ2n) is 5.26. The van der Waals surface area contributed by atoms with Crippen molar-refractivity contribution < 1.29 is 0 Å². The number of hydrogen-bond donors (Lipinski definition) is 1. The zero-order chi connectivity index (χ0) is 13.7. The molecule has 0 radical (unpaired) electrons. The molecule has 0 amide bonds. The third-order valence-corrected chi connectivity index (χ3v) is 3.49. The van der Waals surface area contributed by atoms with Crippen molar-refractivity contribution in [2.45, 2.75) is 39.8 Å². The maximum atomic E-state index is 4.28. The Kier molecular flexibility index (Phi) is 4.61. The van der Waals surface area contributed by atoms with Gasteiger partial charge in [0.25, 0.3) is 0 Å². The number of nitrogens with zero attached hydrogens (tertiary/aromatic N) is 2. The van der Waals surface area contributed by atoms with Crippen LogP contribution in [0.1, 0.15) is 32.8 Å². The number of rotatable bonds is 6. The molecule has 19 heavy (non-hydrogen) atoms. The highest BCUT2D eigenvalue weighted by Gasteiger charge is 2.12. The van der Waals surface area contributed by atoms with E-state index in [9.17, 15) is 0 Å². The van der Waals surface area contributed by atoms with E-state index >= 15 is 0 Å². The number of para-hydroxylation sites is 1. The van der Waals surface area contributed by atoms with Gasteiger partial charge >= 0.3 is 0 Å². The lowest BCUT2D eigenvalue weighted by molar-refractivity contribution is 0.510. The third kappa shape index (κ3) is 3.60. The van der Waals surface area contributed by atoms with Crippen LogP contribution in [0, 0.1) is 5.92 Å². The first-order chi connectivity index (χ1) is 9.20. The zero-order valence-electron chi connectivity index (χ0n) is 12.0. The number of nitrogens with one attached hydrogen (secondary N) is 1. The van der Waals surface area contributed by atoms with Crippen LogP contribution in [-0.4, -0.2) is 15.8 Å². The first-order valence-electron chi connectivity index (χ1n) is 7.02. The number of aromatic nitrogens is 2. The average molecular weight is 257 g/mol. The molecule has 0 bridgehead atoms. The summed E-state index contributed by atoms with van der Waals surface area (Å²) in [6, 6.07) is 11.0. The van der Waals surface area contributed by atoms with Gasteiger partial charge in [-0.2, -0.15) is 5.10 Å². The van der Waals surface area contributed by atoms with Crippen molar-refractivity contribution in [2.75, 3.05) is 5.32 Å². The second-order valence-corrected chi connectivity index (χ2v) is 5.26. The lowest BCUT2D eigenvalue weighted by Gasteiger charge is -2.23. The molecule has 0 saturated heterocycles. The fourth-order valence-corrected chi connectivity index (χ4v) is 2.31. The van der Waals surface area contributed by atoms with Crippen molar-refractivity contribution in [1.29, 1.82) is 0 Å². The predicted molar refractivity (Wildman–Crippen MR) is 80.3 cm³/mol. The minimum Gasteiger partial charge on any atom is -0.382 e. The maximum absolute atomic E-state index is 4.28. The summed E-state index contributed by atoms with van der Waals surface area (Å²) in [5.74, 6) is 0.628. The lowest BCUT2D eigenvalue weighted by atomic mass is 10.0. The molecule has 102 valence electrons. The summed E-state index contributed by atoms with van der Waals surface area (Å²) in [6.45, 7) is 7.56. The van der Waals surface area contributed by atoms with Crippen LogP contribution in [0.3, 0.4) is 0 Å². The number of anilines is 1. The van der Waals surface area contributed by atoms with Gasteiger partial charge in [0.1, 0.15) is 0 Å². The molecule has 1 N–H and O–H groups in total. The van der Waals surface area contributed by atoms with Gasteiger partial charge in [0.2, 0.25) is 0 Å². The summed E-state index contributed by atoms with van der Waals surface area (Å²) < 4.78 is 1.96. The van der Waals surface area contributed by atoms with E-state index in [1.807, 2.05) is 23.1 Å². The van der Waals surface area contributed by atoms with Crippen LogP contribution in [0.2, 0.25) is 0 Å². The summed E-state index contributed by atoms with van der Waals surface area (Å²) in [6.07, 6.45) is 4.95. The van der Waals surface area contributed by atoms with Crippen molar-refractivity contribution in [3.05, 3.63) is 48.3 Å². The second kappa shape index (κ2) is 6.41. The molecule has 0 aliphatic carbocycles. The Morgan fingerprint density at radius 2 is 2.00 bits per heavy atom. The van der Waals surface area contributed by atoms with Gasteiger partial charge in [0.05, 0.1) is 6.54 Å². The Balaban J connectivity index is 2.16. The Bertz CT molecular complexity index is 488. The minimum absolute atomic E-state index is 0.513. The molecule has 3 nitrogen and oxygen atoms in total. The maximum Gasteiger partial charge on any atom is 0.0679 e. The Morgan fingerprint density at radius 1 is 1.21 bits per heavy atom. The van der Waals surface area contributed by atoms with Crippen LogP contribution in [0.25, 0.3) is 0 Å². The molecular weight excluding hydrogens is 234 g/mol. The monoisotopic (exact) mass is 257 g/mol. The van der Waals surface area contributed by atoms with Gasteiger partial charge in [-0.3, -0.25) is 4.68 Å². The molecule has 0 spiro atoms. The molecule has 0 aliphatic rings. The molecule has 1 unspecified atom stereocenters. The molecule has 1 heterocycles. The minimum atomic E-state index is 0.513. The van der Waals surface area contributed by atoms with Crippen LogP contribution < -0.4 is 5.32 Å². The molecule has 1 aromatic carbocycles. The molecule has 2 aromatic rings. The lowest BCUT2D eigenvalue weighted by Crippen LogP contribution is -2.25. The Hall–Kier alpha value is -1.77. The van der Waals surface area contributed by atoms with Gasteiger partial charge < -0.3 is 5.32 Å². The summed E-state index contributed by atoms with van der Waals surface area (Å²) >= 11 is 0. The Morgan fingerprint density at radius 3 is 2.63 bits per heavy atom. The fourth-order valence-electron chi connectivity index (χ4n) is 2.31. The topological polar surface area (TPSA) is 29.9 Å². The molecule has 0 fully saturated rings. The highest BCUT2D eigenvalue weighted by atomic mass is 15.3. The van der Waals surface area contributed by atoms with Gasteiger partial charge in [-0.1, -0.05) is 39.0 Å². The Labute approximate surface area is 115 Å². The average Bonchev–Trinajstić information content (AvgIpc) is 2.90. The van der Waals surface area contributed by atoms with E-state index in [2.05, 4.69) is 55.5 Å². The quantitative estimate of drug-likeness (QED) is 0.853. The normalized spacial score (nSPS) is 12.6. The van der Waals surface area contributed by atoms with Crippen molar-refractivity contribution >= 4 is 5.69 Å². The van der Waals surface area contributed by atoms with Crippen LogP contribution in [0.5, 0.6) is 0 Å². The van der Waals surface area contributed by atoms with Gasteiger partial charge in [-0.05, 0) is 30.0 Å². The van der Waals surface area contributed by atoms with Gasteiger partial charge in [0.15, 0.2) is 0 Å². The highest BCUT2D eigenvalue weighted by Crippen LogP contribution is 2.20. The summed E-state index contributed by atoms with van der Waals surface area (Å²) in [4.78, 5) is 0. The molecule has 2 rings (SSSR count). The molecular formula is C16H23N3. The van der Waals surface area contributed by atoms with E-state index in [-0.39, 0.29) is 0 Å². The standard InChI is InChI=1S/C16H23N3/c1-4-15(13(2)3)18-16-9-6-5-8-14(16)12-19-11-7-10-17-19/h5-11,13,15,18H,4,12H2,1-3H3. The van der Waals surface area contributed by atoms with Crippen molar-refractivity contribution in [2.24, 2.45) is 5.92 Å². The van der Waals surface area contributed by atoms with Crippen molar-refractivity contribution in [1.82, 2.24) is 9.78 Å². The molecule has 3 heteroatoms. The van der Waals surface area contributed by atoms with Crippen molar-refractivity contribution in [3.8, 4) is 0 Å². The molecule has 1 atom stereocenters. The largest absolute Gasteiger partial charge is 0.382 e. The third-order valence-electron chi connectivity index (χ3n) is 3.49. The zero-order valence-corrected chi connectivity index (χ0v) is 12.0. The first kappa shape index (κ1) is 13.7. The number of hydrogen-bond acceptors (Lipinski definition) is 2. The molecule has 1 aromatic heterocycles. The first-order valence-corrected chi connectivity index (χ1v) is 7.02. The van der Waals surface area contributed by atoms with E-state index in [4.69, 9.17) is 0 Å². The van der Waals surface area contributed by atoms with E-state index in [0.29, 0.717) is 12.0 Å². The predicted octanol–water partition coefficient (Wildman–Crippen LogP) is 3.78. The van der Waals surface area contributed by atoms with E-state index in [0.717, 1.165) is 13.0 Å². The van der Waals surface area contributed by atoms with Gasteiger partial charge in [-0.25, -0.2) is 0 Å². The summed E-state index contributed by atoms with van der Waals surface area (Å²) in [5.41, 5.74) is 2.50. The van der Waals surface area contributed by atoms with Gasteiger partial charge in [-0.15, -0.1) is 0 Å². The van der Waals surface area contributed by atoms with Crippen LogP contribution in [-0.2, 0) is 6.54 Å². The van der Waals surface area contributed by atoms with Crippen LogP contribution in [0.15, 0.2) is 42.7 Å². The molecule has 0 aliphatic heterocycles. The SMILES string of the molecule is CCC(Nc1ccccc1Cn1cccn1)C(C)C.